The lowest BCUT2D eigenvalue weighted by atomic mass is 10.2. The average molecular weight is 202 g/mol. The Labute approximate surface area is 79.4 Å². The van der Waals surface area contributed by atoms with E-state index in [1.54, 1.807) is 12.3 Å². The molecule has 1 aromatic rings. The highest BCUT2D eigenvalue weighted by molar-refractivity contribution is 7.14. The molecule has 1 rings (SSSR count). The number of nitrogens with zero attached hydrogens (tertiary/aromatic N) is 1. The first kappa shape index (κ1) is 10.1. The average Bonchev–Trinajstić information content (AvgIpc) is 2.63. The van der Waals surface area contributed by atoms with Gasteiger partial charge in [0.05, 0.1) is 10.6 Å². The number of alkyl halides is 1. The fourth-order valence-corrected chi connectivity index (χ4v) is 1.81. The number of carbonyl (C=O) groups excluding carboxylic acids is 1. The molecule has 0 fully saturated rings. The van der Waals surface area contributed by atoms with Gasteiger partial charge < -0.3 is 10.3 Å². The van der Waals surface area contributed by atoms with E-state index < -0.39 is 12.5 Å². The van der Waals surface area contributed by atoms with Gasteiger partial charge in [-0.3, -0.25) is 4.79 Å². The molecule has 0 radical (unpaired) electrons. The summed E-state index contributed by atoms with van der Waals surface area (Å²) in [4.78, 5) is 11.0. The third-order valence-corrected chi connectivity index (χ3v) is 2.50. The van der Waals surface area contributed by atoms with Gasteiger partial charge in [-0.1, -0.05) is 0 Å². The molecule has 72 valence electrons. The Balaban J connectivity index is 2.95. The summed E-state index contributed by atoms with van der Waals surface area (Å²) in [5.74, 6) is -0.634. The van der Waals surface area contributed by atoms with Crippen LogP contribution < -0.4 is 5.06 Å². The van der Waals surface area contributed by atoms with Crippen LogP contribution in [0.1, 0.15) is 17.3 Å². The van der Waals surface area contributed by atoms with Crippen molar-refractivity contribution in [2.24, 2.45) is 0 Å². The lowest BCUT2D eigenvalue weighted by Crippen LogP contribution is -2.15. The van der Waals surface area contributed by atoms with Crippen LogP contribution in [0.3, 0.4) is 0 Å². The van der Waals surface area contributed by atoms with Crippen LogP contribution in [0.2, 0.25) is 0 Å². The van der Waals surface area contributed by atoms with Crippen molar-refractivity contribution in [3.8, 4) is 0 Å². The van der Waals surface area contributed by atoms with Crippen molar-refractivity contribution in [1.82, 2.24) is 0 Å². The molecule has 0 bridgehead atoms. The van der Waals surface area contributed by atoms with E-state index in [2.05, 4.69) is 0 Å². The minimum atomic E-state index is -1.05. The fraction of sp³-hybridized carbons (Fsp3) is 0.375. The summed E-state index contributed by atoms with van der Waals surface area (Å²) in [6, 6.07) is 1.47. The Kier molecular flexibility index (Phi) is 3.39. The molecule has 0 N–H and O–H groups in total. The number of hydroxylamine groups is 1. The van der Waals surface area contributed by atoms with E-state index in [9.17, 15) is 14.4 Å². The lowest BCUT2D eigenvalue weighted by Gasteiger charge is -2.27. The maximum Gasteiger partial charge on any atom is 0.196 e. The molecule has 0 aliphatic heterocycles. The molecule has 0 aliphatic rings. The molecule has 5 heteroatoms. The lowest BCUT2D eigenvalue weighted by molar-refractivity contribution is 0.0959. The van der Waals surface area contributed by atoms with Gasteiger partial charge in [-0.15, -0.1) is 11.3 Å². The Morgan fingerprint density at radius 1 is 1.77 bits per heavy atom. The molecule has 0 saturated carbocycles. The van der Waals surface area contributed by atoms with Gasteiger partial charge >= 0.3 is 0 Å². The van der Waals surface area contributed by atoms with Crippen LogP contribution in [-0.2, 0) is 0 Å². The molecule has 0 spiro atoms. The maximum atomic E-state index is 12.0. The number of hydrogen-bond acceptors (Lipinski definition) is 4. The quantitative estimate of drug-likeness (QED) is 0.555. The van der Waals surface area contributed by atoms with Crippen molar-refractivity contribution >= 4 is 22.1 Å². The minimum absolute atomic E-state index is 0.185. The van der Waals surface area contributed by atoms with Gasteiger partial charge in [0.1, 0.15) is 0 Å². The van der Waals surface area contributed by atoms with Gasteiger partial charge in [0.25, 0.3) is 0 Å². The largest absolute Gasteiger partial charge is 0.758 e. The van der Waals surface area contributed by atoms with Crippen LogP contribution in [0, 0.1) is 5.21 Å². The molecule has 0 unspecified atom stereocenters. The van der Waals surface area contributed by atoms with E-state index in [1.165, 1.54) is 6.07 Å². The smallest absolute Gasteiger partial charge is 0.196 e. The fourth-order valence-electron chi connectivity index (χ4n) is 0.922. The molecule has 0 saturated heterocycles. The SMILES string of the molecule is CCN([O-])c1sccc1C(=O)CF. The van der Waals surface area contributed by atoms with Crippen LogP contribution in [0.25, 0.3) is 0 Å². The van der Waals surface area contributed by atoms with E-state index in [0.29, 0.717) is 10.1 Å². The normalized spacial score (nSPS) is 10.1. The highest BCUT2D eigenvalue weighted by Gasteiger charge is 2.12. The standard InChI is InChI=1S/C8H9FNO2S/c1-2-10(12)8-6(3-4-13-8)7(11)5-9/h3-4H,2,5H2,1H3/q-1. The Morgan fingerprint density at radius 3 is 3.00 bits per heavy atom. The number of rotatable bonds is 4. The Morgan fingerprint density at radius 2 is 2.46 bits per heavy atom. The van der Waals surface area contributed by atoms with Gasteiger partial charge in [-0.25, -0.2) is 4.39 Å². The Bertz CT molecular complexity index is 300. The first-order valence-electron chi connectivity index (χ1n) is 3.82. The van der Waals surface area contributed by atoms with E-state index in [4.69, 9.17) is 0 Å². The maximum absolute atomic E-state index is 12.0. The van der Waals surface area contributed by atoms with Crippen LogP contribution in [0.15, 0.2) is 11.4 Å². The van der Waals surface area contributed by atoms with Crippen molar-refractivity contribution in [2.45, 2.75) is 6.92 Å². The monoisotopic (exact) mass is 202 g/mol. The zero-order valence-electron chi connectivity index (χ0n) is 7.12. The van der Waals surface area contributed by atoms with Gasteiger partial charge in [0.15, 0.2) is 12.5 Å². The number of Topliss-reactive ketones (excluding diaryl/α,β-unsaturated/α-hetero) is 1. The molecule has 13 heavy (non-hydrogen) atoms. The van der Waals surface area contributed by atoms with Crippen molar-refractivity contribution in [3.63, 3.8) is 0 Å². The number of halogens is 1. The van der Waals surface area contributed by atoms with E-state index in [1.807, 2.05) is 0 Å². The molecule has 0 atom stereocenters. The molecule has 0 aliphatic carbocycles. The summed E-state index contributed by atoms with van der Waals surface area (Å²) in [6.45, 7) is 0.880. The highest BCUT2D eigenvalue weighted by Crippen LogP contribution is 2.27. The molecule has 1 aromatic heterocycles. The van der Waals surface area contributed by atoms with Crippen molar-refractivity contribution in [2.75, 3.05) is 18.3 Å². The summed E-state index contributed by atoms with van der Waals surface area (Å²) in [5.41, 5.74) is 0.185. The number of ketones is 1. The summed E-state index contributed by atoms with van der Waals surface area (Å²) < 4.78 is 12.0. The van der Waals surface area contributed by atoms with Crippen LogP contribution >= 0.6 is 11.3 Å². The van der Waals surface area contributed by atoms with Crippen LogP contribution in [0.5, 0.6) is 0 Å². The number of carbonyl (C=O) groups is 1. The Hall–Kier alpha value is -0.940. The predicted molar refractivity (Wildman–Crippen MR) is 51.0 cm³/mol. The second-order valence-corrected chi connectivity index (χ2v) is 3.29. The third-order valence-electron chi connectivity index (χ3n) is 1.58. The predicted octanol–water partition coefficient (Wildman–Crippen LogP) is 2.22. The number of anilines is 1. The molecule has 0 aromatic carbocycles. The van der Waals surface area contributed by atoms with Gasteiger partial charge in [-0.2, -0.15) is 0 Å². The first-order chi connectivity index (χ1) is 6.20. The number of thiophene rings is 1. The number of hydrogen-bond donors (Lipinski definition) is 0. The molecular weight excluding hydrogens is 193 g/mol. The van der Waals surface area contributed by atoms with E-state index >= 15 is 0 Å². The van der Waals surface area contributed by atoms with Crippen LogP contribution in [-0.4, -0.2) is 19.0 Å². The third kappa shape index (κ3) is 2.05. The molecule has 0 amide bonds. The minimum Gasteiger partial charge on any atom is -0.758 e. The van der Waals surface area contributed by atoms with E-state index in [0.717, 1.165) is 11.3 Å². The summed E-state index contributed by atoms with van der Waals surface area (Å²) >= 11 is 1.15. The zero-order chi connectivity index (χ0) is 9.84. The summed E-state index contributed by atoms with van der Waals surface area (Å²) in [5, 5.41) is 13.8. The summed E-state index contributed by atoms with van der Waals surface area (Å²) in [7, 11) is 0. The zero-order valence-corrected chi connectivity index (χ0v) is 7.94. The summed E-state index contributed by atoms with van der Waals surface area (Å²) in [6.07, 6.45) is 0. The topological polar surface area (TPSA) is 43.4 Å². The van der Waals surface area contributed by atoms with E-state index in [-0.39, 0.29) is 12.1 Å². The second kappa shape index (κ2) is 4.34. The molecule has 1 heterocycles. The van der Waals surface area contributed by atoms with Crippen molar-refractivity contribution in [3.05, 3.63) is 22.2 Å². The first-order valence-corrected chi connectivity index (χ1v) is 4.70. The van der Waals surface area contributed by atoms with Gasteiger partial charge in [0.2, 0.25) is 0 Å². The van der Waals surface area contributed by atoms with Crippen molar-refractivity contribution < 1.29 is 9.18 Å². The molecule has 3 nitrogen and oxygen atoms in total. The van der Waals surface area contributed by atoms with Gasteiger partial charge in [-0.05, 0) is 18.4 Å². The van der Waals surface area contributed by atoms with Crippen LogP contribution in [0.4, 0.5) is 9.39 Å². The van der Waals surface area contributed by atoms with Crippen molar-refractivity contribution in [1.29, 1.82) is 0 Å². The highest BCUT2D eigenvalue weighted by atomic mass is 32.1. The van der Waals surface area contributed by atoms with Gasteiger partial charge in [0, 0.05) is 6.54 Å². The second-order valence-electron chi connectivity index (χ2n) is 2.39. The molecular formula is C8H9FNO2S-.